The van der Waals surface area contributed by atoms with Gasteiger partial charge in [0.2, 0.25) is 0 Å². The molecule has 1 fully saturated rings. The van der Waals surface area contributed by atoms with Crippen molar-refractivity contribution in [1.29, 1.82) is 0 Å². The highest BCUT2D eigenvalue weighted by Crippen LogP contribution is 2.33. The monoisotopic (exact) mass is 388 g/mol. The molecule has 0 bridgehead atoms. The van der Waals surface area contributed by atoms with Crippen LogP contribution in [-0.2, 0) is 4.74 Å². The molecule has 1 aliphatic carbocycles. The lowest BCUT2D eigenvalue weighted by atomic mass is 9.76. The zero-order chi connectivity index (χ0) is 16.4. The number of nitrogens with one attached hydrogen (secondary N) is 2. The lowest BCUT2D eigenvalue weighted by Gasteiger charge is -2.43. The van der Waals surface area contributed by atoms with Crippen LogP contribution in [0.25, 0.3) is 0 Å². The first-order valence-electron chi connectivity index (χ1n) is 7.68. The summed E-state index contributed by atoms with van der Waals surface area (Å²) in [6.07, 6.45) is 2.83. The Balaban J connectivity index is 1.87. The van der Waals surface area contributed by atoms with E-state index >= 15 is 0 Å². The number of hydrogen-bond acceptors (Lipinski definition) is 4. The molecule has 1 heterocycles. The molecule has 4 nitrogen and oxygen atoms in total. The van der Waals surface area contributed by atoms with Gasteiger partial charge in [-0.3, -0.25) is 0 Å². The largest absolute Gasteiger partial charge is 0.444 e. The van der Waals surface area contributed by atoms with Crippen LogP contribution >= 0.6 is 27.3 Å². The standard InChI is InChI=1S/C16H25BrN2O2S/c1-11(13-8-12(17)9-22-13)18-10-16(6-5-7-16)19-14(20)21-15(2,3)4/h8-9,11,18H,5-7,10H2,1-4H3,(H,19,20). The predicted octanol–water partition coefficient (Wildman–Crippen LogP) is 4.61. The Hall–Kier alpha value is -0.590. The molecule has 22 heavy (non-hydrogen) atoms. The maximum absolute atomic E-state index is 12.0. The third-order valence-corrected chi connectivity index (χ3v) is 5.71. The van der Waals surface area contributed by atoms with E-state index in [0.717, 1.165) is 30.3 Å². The van der Waals surface area contributed by atoms with Gasteiger partial charge in [-0.15, -0.1) is 11.3 Å². The van der Waals surface area contributed by atoms with E-state index in [0.29, 0.717) is 0 Å². The summed E-state index contributed by atoms with van der Waals surface area (Å²) in [6.45, 7) is 8.57. The second-order valence-corrected chi connectivity index (χ2v) is 8.89. The molecule has 0 radical (unpaired) electrons. The first kappa shape index (κ1) is 17.8. The number of amides is 1. The van der Waals surface area contributed by atoms with Crippen molar-refractivity contribution in [1.82, 2.24) is 10.6 Å². The van der Waals surface area contributed by atoms with E-state index in [1.165, 1.54) is 4.88 Å². The highest BCUT2D eigenvalue weighted by atomic mass is 79.9. The van der Waals surface area contributed by atoms with Gasteiger partial charge >= 0.3 is 6.09 Å². The molecule has 1 unspecified atom stereocenters. The van der Waals surface area contributed by atoms with Crippen LogP contribution in [0.5, 0.6) is 0 Å². The maximum Gasteiger partial charge on any atom is 0.408 e. The minimum Gasteiger partial charge on any atom is -0.444 e. The predicted molar refractivity (Wildman–Crippen MR) is 94.4 cm³/mol. The van der Waals surface area contributed by atoms with Gasteiger partial charge in [0.05, 0.1) is 5.54 Å². The number of rotatable bonds is 5. The summed E-state index contributed by atoms with van der Waals surface area (Å²) >= 11 is 5.22. The van der Waals surface area contributed by atoms with Crippen LogP contribution in [0.1, 0.15) is 57.9 Å². The molecular weight excluding hydrogens is 364 g/mol. The molecule has 0 spiro atoms. The van der Waals surface area contributed by atoms with Gasteiger partial charge in [0.1, 0.15) is 5.60 Å². The number of alkyl carbamates (subject to hydrolysis) is 1. The first-order valence-corrected chi connectivity index (χ1v) is 9.35. The van der Waals surface area contributed by atoms with Gasteiger partial charge in [-0.05, 0) is 69.0 Å². The Morgan fingerprint density at radius 2 is 2.18 bits per heavy atom. The van der Waals surface area contributed by atoms with Crippen molar-refractivity contribution in [3.8, 4) is 0 Å². The van der Waals surface area contributed by atoms with E-state index in [1.807, 2.05) is 20.8 Å². The third-order valence-electron chi connectivity index (χ3n) is 3.84. The molecule has 0 aromatic carbocycles. The van der Waals surface area contributed by atoms with E-state index in [2.05, 4.69) is 44.9 Å². The summed E-state index contributed by atoms with van der Waals surface area (Å²) in [5.41, 5.74) is -0.621. The molecule has 6 heteroatoms. The van der Waals surface area contributed by atoms with Gasteiger partial charge in [0.25, 0.3) is 0 Å². The number of carbonyl (C=O) groups excluding carboxylic acids is 1. The Morgan fingerprint density at radius 3 is 2.64 bits per heavy atom. The Morgan fingerprint density at radius 1 is 1.50 bits per heavy atom. The summed E-state index contributed by atoms with van der Waals surface area (Å²) in [7, 11) is 0. The molecule has 2 rings (SSSR count). The van der Waals surface area contributed by atoms with Crippen LogP contribution in [0.2, 0.25) is 0 Å². The lowest BCUT2D eigenvalue weighted by Crippen LogP contribution is -2.60. The zero-order valence-electron chi connectivity index (χ0n) is 13.7. The van der Waals surface area contributed by atoms with Crippen molar-refractivity contribution in [2.75, 3.05) is 6.54 Å². The van der Waals surface area contributed by atoms with E-state index in [4.69, 9.17) is 4.74 Å². The molecule has 1 aromatic rings. The van der Waals surface area contributed by atoms with Crippen LogP contribution in [0.3, 0.4) is 0 Å². The molecule has 1 aromatic heterocycles. The number of carbonyl (C=O) groups is 1. The van der Waals surface area contributed by atoms with Gasteiger partial charge in [-0.25, -0.2) is 4.79 Å². The number of thiophene rings is 1. The third kappa shape index (κ3) is 4.96. The second-order valence-electron chi connectivity index (χ2n) is 7.03. The minimum atomic E-state index is -0.459. The summed E-state index contributed by atoms with van der Waals surface area (Å²) in [5.74, 6) is 0. The highest BCUT2D eigenvalue weighted by molar-refractivity contribution is 9.10. The van der Waals surface area contributed by atoms with Crippen LogP contribution in [0.4, 0.5) is 4.79 Å². The Kier molecular flexibility index (Phi) is 5.56. The fourth-order valence-corrected chi connectivity index (χ4v) is 3.95. The SMILES string of the molecule is CC(NCC1(NC(=O)OC(C)(C)C)CCC1)c1cc(Br)cs1. The van der Waals surface area contributed by atoms with Gasteiger partial charge in [-0.2, -0.15) is 0 Å². The van der Waals surface area contributed by atoms with Crippen molar-refractivity contribution in [2.45, 2.75) is 64.1 Å². The molecule has 0 saturated heterocycles. The van der Waals surface area contributed by atoms with Crippen LogP contribution in [0.15, 0.2) is 15.9 Å². The summed E-state index contributed by atoms with van der Waals surface area (Å²) in [4.78, 5) is 13.3. The molecule has 0 aliphatic heterocycles. The Labute approximate surface area is 145 Å². The second kappa shape index (κ2) is 6.89. The average Bonchev–Trinajstić information content (AvgIpc) is 2.76. The topological polar surface area (TPSA) is 50.4 Å². The van der Waals surface area contributed by atoms with Crippen molar-refractivity contribution < 1.29 is 9.53 Å². The number of halogens is 1. The minimum absolute atomic E-state index is 0.162. The smallest absolute Gasteiger partial charge is 0.408 e. The van der Waals surface area contributed by atoms with Crippen molar-refractivity contribution in [2.24, 2.45) is 0 Å². The van der Waals surface area contributed by atoms with Crippen molar-refractivity contribution in [3.63, 3.8) is 0 Å². The summed E-state index contributed by atoms with van der Waals surface area (Å²) < 4.78 is 6.50. The van der Waals surface area contributed by atoms with E-state index < -0.39 is 5.60 Å². The summed E-state index contributed by atoms with van der Waals surface area (Å²) in [6, 6.07) is 2.41. The van der Waals surface area contributed by atoms with E-state index in [1.54, 1.807) is 11.3 Å². The first-order chi connectivity index (χ1) is 10.2. The molecule has 2 N–H and O–H groups in total. The van der Waals surface area contributed by atoms with E-state index in [-0.39, 0.29) is 17.7 Å². The fraction of sp³-hybridized carbons (Fsp3) is 0.688. The quantitative estimate of drug-likeness (QED) is 0.773. The average molecular weight is 389 g/mol. The van der Waals surface area contributed by atoms with Gasteiger partial charge in [0.15, 0.2) is 0 Å². The van der Waals surface area contributed by atoms with Gasteiger partial charge in [-0.1, -0.05) is 0 Å². The van der Waals surface area contributed by atoms with Gasteiger partial charge in [0, 0.05) is 27.3 Å². The fourth-order valence-electron chi connectivity index (χ4n) is 2.47. The van der Waals surface area contributed by atoms with Crippen LogP contribution in [0, 0.1) is 0 Å². The maximum atomic E-state index is 12.0. The normalized spacial score (nSPS) is 18.4. The van der Waals surface area contributed by atoms with Crippen molar-refractivity contribution in [3.05, 3.63) is 20.8 Å². The van der Waals surface area contributed by atoms with E-state index in [9.17, 15) is 4.79 Å². The van der Waals surface area contributed by atoms with Crippen LogP contribution < -0.4 is 10.6 Å². The molecule has 1 atom stereocenters. The molecule has 124 valence electrons. The zero-order valence-corrected chi connectivity index (χ0v) is 16.1. The number of ether oxygens (including phenoxy) is 1. The Bertz CT molecular complexity index is 520. The highest BCUT2D eigenvalue weighted by Gasteiger charge is 2.39. The molecular formula is C16H25BrN2O2S. The molecule has 1 saturated carbocycles. The van der Waals surface area contributed by atoms with Crippen molar-refractivity contribution >= 4 is 33.4 Å². The molecule has 1 aliphatic rings. The lowest BCUT2D eigenvalue weighted by molar-refractivity contribution is 0.0379. The van der Waals surface area contributed by atoms with Crippen LogP contribution in [-0.4, -0.2) is 23.8 Å². The van der Waals surface area contributed by atoms with Gasteiger partial charge < -0.3 is 15.4 Å². The summed E-state index contributed by atoms with van der Waals surface area (Å²) in [5, 5.41) is 8.70. The molecule has 1 amide bonds. The number of hydrogen-bond donors (Lipinski definition) is 2.